The molecule has 0 aliphatic carbocycles. The molecule has 0 saturated heterocycles. The number of ether oxygens (including phenoxy) is 1. The van der Waals surface area contributed by atoms with E-state index in [0.717, 1.165) is 0 Å². The average molecular weight is 211 g/mol. The van der Waals surface area contributed by atoms with Crippen molar-refractivity contribution in [2.24, 2.45) is 0 Å². The van der Waals surface area contributed by atoms with Gasteiger partial charge in [-0.15, -0.1) is 0 Å². The predicted molar refractivity (Wildman–Crippen MR) is 50.0 cm³/mol. The van der Waals surface area contributed by atoms with Gasteiger partial charge >= 0.3 is 0 Å². The molecule has 0 spiro atoms. The molecular formula is C7H17NO4S. The highest BCUT2D eigenvalue weighted by Gasteiger charge is 2.10. The Hall–Kier alpha value is -0.170. The van der Waals surface area contributed by atoms with Gasteiger partial charge in [-0.3, -0.25) is 0 Å². The second-order valence-electron chi connectivity index (χ2n) is 2.71. The fourth-order valence-corrected chi connectivity index (χ4v) is 1.61. The second-order valence-corrected chi connectivity index (χ2v) is 4.64. The zero-order valence-corrected chi connectivity index (χ0v) is 8.80. The van der Waals surface area contributed by atoms with Gasteiger partial charge in [0.2, 0.25) is 10.0 Å². The van der Waals surface area contributed by atoms with Gasteiger partial charge < -0.3 is 9.84 Å². The minimum absolute atomic E-state index is 0.0501. The summed E-state index contributed by atoms with van der Waals surface area (Å²) in [6.45, 7) is 4.06. The monoisotopic (exact) mass is 211 g/mol. The Kier molecular flexibility index (Phi) is 6.23. The molecule has 0 aromatic rings. The lowest BCUT2D eigenvalue weighted by atomic mass is 10.4. The van der Waals surface area contributed by atoms with Crippen LogP contribution in [0.1, 0.15) is 13.8 Å². The molecule has 13 heavy (non-hydrogen) atoms. The highest BCUT2D eigenvalue weighted by Crippen LogP contribution is 1.86. The number of hydrogen-bond donors (Lipinski definition) is 2. The minimum Gasteiger partial charge on any atom is -0.392 e. The van der Waals surface area contributed by atoms with Crippen LogP contribution in [0, 0.1) is 0 Å². The molecule has 0 aliphatic rings. The third-order valence-electron chi connectivity index (χ3n) is 1.30. The van der Waals surface area contributed by atoms with E-state index >= 15 is 0 Å². The Morgan fingerprint density at radius 1 is 1.54 bits per heavy atom. The van der Waals surface area contributed by atoms with Crippen LogP contribution in [-0.2, 0) is 14.8 Å². The van der Waals surface area contributed by atoms with Crippen molar-refractivity contribution in [1.29, 1.82) is 0 Å². The first-order valence-corrected chi connectivity index (χ1v) is 5.86. The van der Waals surface area contributed by atoms with E-state index in [-0.39, 0.29) is 18.9 Å². The van der Waals surface area contributed by atoms with Crippen LogP contribution in [-0.4, -0.2) is 45.1 Å². The lowest BCUT2D eigenvalue weighted by Crippen LogP contribution is -2.33. The molecular weight excluding hydrogens is 194 g/mol. The van der Waals surface area contributed by atoms with Crippen molar-refractivity contribution in [2.75, 3.05) is 25.5 Å². The standard InChI is InChI=1S/C7H17NO4S/c1-3-12-4-5-13(10,11)8-6-7(2)9/h7-9H,3-6H2,1-2H3/t7-/m1/s1. The molecule has 0 radical (unpaired) electrons. The summed E-state index contributed by atoms with van der Waals surface area (Å²) in [6, 6.07) is 0. The summed E-state index contributed by atoms with van der Waals surface area (Å²) >= 11 is 0. The number of aliphatic hydroxyl groups is 1. The first-order valence-electron chi connectivity index (χ1n) is 4.21. The maximum absolute atomic E-state index is 11.1. The van der Waals surface area contributed by atoms with Gasteiger partial charge in [0.05, 0.1) is 18.5 Å². The number of sulfonamides is 1. The van der Waals surface area contributed by atoms with Crippen molar-refractivity contribution in [3.05, 3.63) is 0 Å². The number of nitrogens with one attached hydrogen (secondary N) is 1. The Labute approximate surface area is 79.1 Å². The molecule has 2 N–H and O–H groups in total. The lowest BCUT2D eigenvalue weighted by molar-refractivity contribution is 0.163. The molecule has 0 fully saturated rings. The highest BCUT2D eigenvalue weighted by molar-refractivity contribution is 7.89. The molecule has 1 atom stereocenters. The van der Waals surface area contributed by atoms with Crippen molar-refractivity contribution >= 4 is 10.0 Å². The van der Waals surface area contributed by atoms with Crippen molar-refractivity contribution in [1.82, 2.24) is 4.72 Å². The minimum atomic E-state index is -3.28. The molecule has 0 rings (SSSR count). The van der Waals surface area contributed by atoms with E-state index in [1.807, 2.05) is 0 Å². The summed E-state index contributed by atoms with van der Waals surface area (Å²) in [5.74, 6) is -0.0619. The Balaban J connectivity index is 3.68. The van der Waals surface area contributed by atoms with E-state index in [1.54, 1.807) is 6.92 Å². The number of aliphatic hydroxyl groups excluding tert-OH is 1. The van der Waals surface area contributed by atoms with Gasteiger partial charge in [0.1, 0.15) is 0 Å². The fraction of sp³-hybridized carbons (Fsp3) is 1.00. The molecule has 0 aromatic carbocycles. The van der Waals surface area contributed by atoms with E-state index in [4.69, 9.17) is 9.84 Å². The normalized spacial score (nSPS) is 14.4. The first kappa shape index (κ1) is 12.8. The van der Waals surface area contributed by atoms with Crippen LogP contribution in [0.15, 0.2) is 0 Å². The third-order valence-corrected chi connectivity index (χ3v) is 2.61. The smallest absolute Gasteiger partial charge is 0.213 e. The summed E-state index contributed by atoms with van der Waals surface area (Å²) in [5, 5.41) is 8.83. The molecule has 0 aliphatic heterocycles. The van der Waals surface area contributed by atoms with E-state index < -0.39 is 16.1 Å². The SMILES string of the molecule is CCOCCS(=O)(=O)NC[C@@H](C)O. The van der Waals surface area contributed by atoms with Gasteiger partial charge in [0.25, 0.3) is 0 Å². The fourth-order valence-electron chi connectivity index (χ4n) is 0.633. The molecule has 0 bridgehead atoms. The van der Waals surface area contributed by atoms with Gasteiger partial charge in [-0.2, -0.15) is 0 Å². The maximum atomic E-state index is 11.1. The van der Waals surface area contributed by atoms with Crippen LogP contribution in [0.5, 0.6) is 0 Å². The second kappa shape index (κ2) is 6.31. The Bertz CT molecular complexity index is 213. The predicted octanol–water partition coefficient (Wildman–Crippen LogP) is -0.677. The quantitative estimate of drug-likeness (QED) is 0.547. The number of rotatable bonds is 7. The molecule has 6 heteroatoms. The van der Waals surface area contributed by atoms with E-state index in [0.29, 0.717) is 6.61 Å². The van der Waals surface area contributed by atoms with Gasteiger partial charge in [-0.1, -0.05) is 0 Å². The zero-order valence-electron chi connectivity index (χ0n) is 7.99. The van der Waals surface area contributed by atoms with Crippen LogP contribution < -0.4 is 4.72 Å². The summed E-state index contributed by atoms with van der Waals surface area (Å²) in [5.41, 5.74) is 0. The average Bonchev–Trinajstić information content (AvgIpc) is 2.02. The van der Waals surface area contributed by atoms with Gasteiger partial charge in [-0.05, 0) is 13.8 Å². The lowest BCUT2D eigenvalue weighted by Gasteiger charge is -2.07. The van der Waals surface area contributed by atoms with Crippen LogP contribution in [0.25, 0.3) is 0 Å². The Morgan fingerprint density at radius 3 is 2.62 bits per heavy atom. The van der Waals surface area contributed by atoms with Crippen molar-refractivity contribution in [3.63, 3.8) is 0 Å². The summed E-state index contributed by atoms with van der Waals surface area (Å²) in [6.07, 6.45) is -0.665. The largest absolute Gasteiger partial charge is 0.392 e. The Morgan fingerprint density at radius 2 is 2.15 bits per heavy atom. The zero-order chi connectivity index (χ0) is 10.3. The molecule has 0 heterocycles. The summed E-state index contributed by atoms with van der Waals surface area (Å²) < 4.78 is 29.4. The van der Waals surface area contributed by atoms with Gasteiger partial charge in [0, 0.05) is 13.2 Å². The summed E-state index contributed by atoms with van der Waals surface area (Å²) in [4.78, 5) is 0. The maximum Gasteiger partial charge on any atom is 0.213 e. The number of hydrogen-bond acceptors (Lipinski definition) is 4. The van der Waals surface area contributed by atoms with Crippen molar-refractivity contribution < 1.29 is 18.3 Å². The molecule has 0 aromatic heterocycles. The first-order chi connectivity index (χ1) is 5.98. The van der Waals surface area contributed by atoms with Crippen molar-refractivity contribution in [3.8, 4) is 0 Å². The van der Waals surface area contributed by atoms with E-state index in [1.165, 1.54) is 6.92 Å². The van der Waals surface area contributed by atoms with Gasteiger partial charge in [0.15, 0.2) is 0 Å². The van der Waals surface area contributed by atoms with Gasteiger partial charge in [-0.25, -0.2) is 13.1 Å². The van der Waals surface area contributed by atoms with Crippen LogP contribution in [0.4, 0.5) is 0 Å². The molecule has 0 amide bonds. The molecule has 0 unspecified atom stereocenters. The highest BCUT2D eigenvalue weighted by atomic mass is 32.2. The molecule has 5 nitrogen and oxygen atoms in total. The van der Waals surface area contributed by atoms with Crippen molar-refractivity contribution in [2.45, 2.75) is 20.0 Å². The summed E-state index contributed by atoms with van der Waals surface area (Å²) in [7, 11) is -3.28. The van der Waals surface area contributed by atoms with Crippen LogP contribution in [0.2, 0.25) is 0 Å². The molecule has 80 valence electrons. The van der Waals surface area contributed by atoms with Crippen LogP contribution in [0.3, 0.4) is 0 Å². The topological polar surface area (TPSA) is 75.6 Å². The van der Waals surface area contributed by atoms with E-state index in [9.17, 15) is 8.42 Å². The van der Waals surface area contributed by atoms with E-state index in [2.05, 4.69) is 4.72 Å². The third kappa shape index (κ3) is 8.17. The van der Waals surface area contributed by atoms with Crippen LogP contribution >= 0.6 is 0 Å². The molecule has 0 saturated carbocycles.